The van der Waals surface area contributed by atoms with Gasteiger partial charge in [0, 0.05) is 19.7 Å². The van der Waals surface area contributed by atoms with Crippen molar-refractivity contribution in [2.45, 2.75) is 38.8 Å². The van der Waals surface area contributed by atoms with Crippen molar-refractivity contribution >= 4 is 11.9 Å². The van der Waals surface area contributed by atoms with E-state index < -0.39 is 5.97 Å². The third kappa shape index (κ3) is 5.36. The molecule has 144 valence electrons. The summed E-state index contributed by atoms with van der Waals surface area (Å²) < 4.78 is 15.8. The topological polar surface area (TPSA) is 81.2 Å². The maximum atomic E-state index is 11.9. The van der Waals surface area contributed by atoms with E-state index in [-0.39, 0.29) is 5.60 Å². The van der Waals surface area contributed by atoms with Gasteiger partial charge in [-0.15, -0.1) is 0 Å². The standard InChI is InChI=1S/C19H29N3O4/c1-5-20-18(22-13-19(2)9-6-10-26-19)21-12-14-7-8-16(24-3)15(11-14)17(23)25-4/h7-8,11H,5-6,9-10,12-13H2,1-4H3,(H2,20,21,22). The van der Waals surface area contributed by atoms with Gasteiger partial charge in [-0.05, 0) is 44.4 Å². The van der Waals surface area contributed by atoms with Gasteiger partial charge < -0.3 is 24.8 Å². The molecular weight excluding hydrogens is 334 g/mol. The third-order valence-corrected chi connectivity index (χ3v) is 4.36. The highest BCUT2D eigenvalue weighted by Gasteiger charge is 2.29. The van der Waals surface area contributed by atoms with Crippen LogP contribution in [0.2, 0.25) is 0 Å². The number of esters is 1. The zero-order chi connectivity index (χ0) is 19.0. The number of ether oxygens (including phenoxy) is 3. The summed E-state index contributed by atoms with van der Waals surface area (Å²) in [5.74, 6) is 0.782. The molecular formula is C19H29N3O4. The first kappa shape index (κ1) is 20.0. The van der Waals surface area contributed by atoms with Crippen molar-refractivity contribution in [3.8, 4) is 5.75 Å². The Morgan fingerprint density at radius 1 is 1.35 bits per heavy atom. The van der Waals surface area contributed by atoms with Crippen molar-refractivity contribution in [3.63, 3.8) is 0 Å². The Morgan fingerprint density at radius 3 is 2.77 bits per heavy atom. The predicted molar refractivity (Wildman–Crippen MR) is 101 cm³/mol. The molecule has 0 amide bonds. The minimum absolute atomic E-state index is 0.144. The van der Waals surface area contributed by atoms with Crippen molar-refractivity contribution in [2.75, 3.05) is 33.9 Å². The second kappa shape index (κ2) is 9.43. The Labute approximate surface area is 155 Å². The molecule has 0 aliphatic carbocycles. The fraction of sp³-hybridized carbons (Fsp3) is 0.579. The fourth-order valence-corrected chi connectivity index (χ4v) is 2.88. The maximum Gasteiger partial charge on any atom is 0.341 e. The van der Waals surface area contributed by atoms with Crippen LogP contribution in [0.4, 0.5) is 0 Å². The van der Waals surface area contributed by atoms with Crippen LogP contribution >= 0.6 is 0 Å². The second-order valence-electron chi connectivity index (χ2n) is 6.48. The Kier molecular flexibility index (Phi) is 7.26. The number of carbonyl (C=O) groups excluding carboxylic acids is 1. The maximum absolute atomic E-state index is 11.9. The largest absolute Gasteiger partial charge is 0.496 e. The van der Waals surface area contributed by atoms with E-state index in [9.17, 15) is 4.79 Å². The SMILES string of the molecule is CCNC(=NCc1ccc(OC)c(C(=O)OC)c1)NCC1(C)CCCO1. The predicted octanol–water partition coefficient (Wildman–Crippen LogP) is 2.11. The summed E-state index contributed by atoms with van der Waals surface area (Å²) in [4.78, 5) is 16.5. The van der Waals surface area contributed by atoms with E-state index in [0.717, 1.165) is 37.5 Å². The molecule has 0 radical (unpaired) electrons. The van der Waals surface area contributed by atoms with E-state index in [1.165, 1.54) is 14.2 Å². The molecule has 2 N–H and O–H groups in total. The number of nitrogens with one attached hydrogen (secondary N) is 2. The van der Waals surface area contributed by atoms with Crippen molar-refractivity contribution in [1.29, 1.82) is 0 Å². The van der Waals surface area contributed by atoms with Crippen LogP contribution in [0, 0.1) is 0 Å². The van der Waals surface area contributed by atoms with Gasteiger partial charge in [0.25, 0.3) is 0 Å². The number of rotatable bonds is 7. The van der Waals surface area contributed by atoms with Crippen molar-refractivity contribution in [2.24, 2.45) is 4.99 Å². The summed E-state index contributed by atoms with van der Waals surface area (Å²) in [6.45, 7) is 6.85. The lowest BCUT2D eigenvalue weighted by Gasteiger charge is -2.24. The number of aliphatic imine (C=N–C) groups is 1. The summed E-state index contributed by atoms with van der Waals surface area (Å²) >= 11 is 0. The number of methoxy groups -OCH3 is 2. The fourth-order valence-electron chi connectivity index (χ4n) is 2.88. The van der Waals surface area contributed by atoms with Crippen LogP contribution in [0.5, 0.6) is 5.75 Å². The molecule has 1 aromatic rings. The number of benzene rings is 1. The summed E-state index contributed by atoms with van der Waals surface area (Å²) in [6.07, 6.45) is 2.13. The first-order valence-corrected chi connectivity index (χ1v) is 8.92. The summed E-state index contributed by atoms with van der Waals surface area (Å²) in [7, 11) is 2.88. The molecule has 0 bridgehead atoms. The van der Waals surface area contributed by atoms with Gasteiger partial charge in [-0.25, -0.2) is 9.79 Å². The zero-order valence-corrected chi connectivity index (χ0v) is 16.1. The van der Waals surface area contributed by atoms with E-state index in [1.54, 1.807) is 12.1 Å². The monoisotopic (exact) mass is 363 g/mol. The molecule has 0 saturated carbocycles. The highest BCUT2D eigenvalue weighted by molar-refractivity contribution is 5.92. The lowest BCUT2D eigenvalue weighted by Crippen LogP contribution is -2.45. The van der Waals surface area contributed by atoms with Gasteiger partial charge in [0.05, 0.1) is 26.4 Å². The van der Waals surface area contributed by atoms with Crippen LogP contribution in [0.15, 0.2) is 23.2 Å². The van der Waals surface area contributed by atoms with Crippen LogP contribution in [0.1, 0.15) is 42.6 Å². The first-order chi connectivity index (χ1) is 12.5. The Hall–Kier alpha value is -2.28. The minimum atomic E-state index is -0.427. The molecule has 7 heteroatoms. The Balaban J connectivity index is 2.07. The molecule has 1 aliphatic rings. The number of hydrogen-bond acceptors (Lipinski definition) is 5. The van der Waals surface area contributed by atoms with Gasteiger partial charge in [0.15, 0.2) is 5.96 Å². The highest BCUT2D eigenvalue weighted by Crippen LogP contribution is 2.24. The molecule has 1 aliphatic heterocycles. The molecule has 0 spiro atoms. The van der Waals surface area contributed by atoms with E-state index in [4.69, 9.17) is 14.2 Å². The van der Waals surface area contributed by atoms with Gasteiger partial charge >= 0.3 is 5.97 Å². The van der Waals surface area contributed by atoms with Crippen LogP contribution < -0.4 is 15.4 Å². The molecule has 1 saturated heterocycles. The van der Waals surface area contributed by atoms with Crippen LogP contribution in [-0.4, -0.2) is 51.4 Å². The Bertz CT molecular complexity index is 640. The van der Waals surface area contributed by atoms with E-state index in [1.807, 2.05) is 13.0 Å². The molecule has 1 aromatic carbocycles. The van der Waals surface area contributed by atoms with Crippen molar-refractivity contribution in [1.82, 2.24) is 10.6 Å². The third-order valence-electron chi connectivity index (χ3n) is 4.36. The van der Waals surface area contributed by atoms with E-state index >= 15 is 0 Å². The lowest BCUT2D eigenvalue weighted by molar-refractivity contribution is 0.0242. The molecule has 1 heterocycles. The molecule has 2 rings (SSSR count). The molecule has 7 nitrogen and oxygen atoms in total. The number of nitrogens with zero attached hydrogens (tertiary/aromatic N) is 1. The Morgan fingerprint density at radius 2 is 2.15 bits per heavy atom. The van der Waals surface area contributed by atoms with Crippen LogP contribution in [0.3, 0.4) is 0 Å². The summed E-state index contributed by atoms with van der Waals surface area (Å²) in [5.41, 5.74) is 1.15. The molecule has 26 heavy (non-hydrogen) atoms. The first-order valence-electron chi connectivity index (χ1n) is 8.92. The number of hydrogen-bond donors (Lipinski definition) is 2. The smallest absolute Gasteiger partial charge is 0.341 e. The molecule has 1 atom stereocenters. The summed E-state index contributed by atoms with van der Waals surface area (Å²) in [5, 5.41) is 6.57. The highest BCUT2D eigenvalue weighted by atomic mass is 16.5. The van der Waals surface area contributed by atoms with Crippen LogP contribution in [-0.2, 0) is 16.0 Å². The molecule has 1 fully saturated rings. The lowest BCUT2D eigenvalue weighted by atomic mass is 10.0. The number of carbonyl (C=O) groups is 1. The molecule has 1 unspecified atom stereocenters. The van der Waals surface area contributed by atoms with Gasteiger partial charge in [-0.3, -0.25) is 0 Å². The van der Waals surface area contributed by atoms with Gasteiger partial charge in [-0.2, -0.15) is 0 Å². The zero-order valence-electron chi connectivity index (χ0n) is 16.1. The number of guanidine groups is 1. The van der Waals surface area contributed by atoms with E-state index in [2.05, 4.69) is 22.5 Å². The van der Waals surface area contributed by atoms with Crippen LogP contribution in [0.25, 0.3) is 0 Å². The van der Waals surface area contributed by atoms with Gasteiger partial charge in [-0.1, -0.05) is 6.07 Å². The average Bonchev–Trinajstić information content (AvgIpc) is 3.10. The normalized spacial score (nSPS) is 19.9. The van der Waals surface area contributed by atoms with Crippen molar-refractivity contribution < 1.29 is 19.0 Å². The van der Waals surface area contributed by atoms with Gasteiger partial charge in [0.2, 0.25) is 0 Å². The van der Waals surface area contributed by atoms with Crippen molar-refractivity contribution in [3.05, 3.63) is 29.3 Å². The van der Waals surface area contributed by atoms with Gasteiger partial charge in [0.1, 0.15) is 11.3 Å². The van der Waals surface area contributed by atoms with E-state index in [0.29, 0.717) is 24.4 Å². The summed E-state index contributed by atoms with van der Waals surface area (Å²) in [6, 6.07) is 5.39. The second-order valence-corrected chi connectivity index (χ2v) is 6.48. The quantitative estimate of drug-likeness (QED) is 0.439. The minimum Gasteiger partial charge on any atom is -0.496 e. The average molecular weight is 363 g/mol. The molecule has 0 aromatic heterocycles.